The van der Waals surface area contributed by atoms with Crippen LogP contribution in [0.15, 0.2) is 42.5 Å². The maximum atomic E-state index is 12.7. The van der Waals surface area contributed by atoms with Crippen LogP contribution in [0, 0.1) is 0 Å². The van der Waals surface area contributed by atoms with Gasteiger partial charge in [-0.3, -0.25) is 13.9 Å². The van der Waals surface area contributed by atoms with Crippen molar-refractivity contribution in [3.05, 3.63) is 53.6 Å². The lowest BCUT2D eigenvalue weighted by molar-refractivity contribution is -0.117. The molecule has 2 amide bonds. The minimum Gasteiger partial charge on any atom is -0.322 e. The van der Waals surface area contributed by atoms with Crippen LogP contribution in [0.2, 0.25) is 0 Å². The van der Waals surface area contributed by atoms with E-state index in [2.05, 4.69) is 5.32 Å². The normalized spacial score (nSPS) is 16.4. The summed E-state index contributed by atoms with van der Waals surface area (Å²) in [6.07, 6.45) is 3.15. The first kappa shape index (κ1) is 18.5. The van der Waals surface area contributed by atoms with Gasteiger partial charge >= 0.3 is 0 Å². The summed E-state index contributed by atoms with van der Waals surface area (Å²) in [5, 5.41) is 2.86. The zero-order valence-electron chi connectivity index (χ0n) is 15.5. The van der Waals surface area contributed by atoms with Gasteiger partial charge in [0.2, 0.25) is 15.9 Å². The Morgan fingerprint density at radius 1 is 1.07 bits per heavy atom. The van der Waals surface area contributed by atoms with Gasteiger partial charge in [-0.1, -0.05) is 6.07 Å². The van der Waals surface area contributed by atoms with Gasteiger partial charge in [0.1, 0.15) is 0 Å². The highest BCUT2D eigenvalue weighted by molar-refractivity contribution is 7.92. The molecule has 1 N–H and O–H groups in total. The van der Waals surface area contributed by atoms with Crippen molar-refractivity contribution in [2.75, 3.05) is 33.9 Å². The summed E-state index contributed by atoms with van der Waals surface area (Å²) in [5.74, 6) is -0.178. The van der Waals surface area contributed by atoms with E-state index in [1.165, 1.54) is 10.6 Å². The molecule has 7 nitrogen and oxygen atoms in total. The van der Waals surface area contributed by atoms with Crippen molar-refractivity contribution in [1.82, 2.24) is 0 Å². The molecule has 28 heavy (non-hydrogen) atoms. The molecule has 0 radical (unpaired) electrons. The Kier molecular flexibility index (Phi) is 4.58. The zero-order chi connectivity index (χ0) is 19.9. The average molecular weight is 399 g/mol. The molecule has 146 valence electrons. The van der Waals surface area contributed by atoms with Gasteiger partial charge in [0, 0.05) is 36.4 Å². The second kappa shape index (κ2) is 6.94. The molecule has 2 aromatic carbocycles. The number of benzene rings is 2. The first-order valence-electron chi connectivity index (χ1n) is 9.15. The lowest BCUT2D eigenvalue weighted by atomic mass is 10.1. The van der Waals surface area contributed by atoms with Crippen molar-refractivity contribution in [2.24, 2.45) is 0 Å². The average Bonchev–Trinajstić information content (AvgIpc) is 3.27. The topological polar surface area (TPSA) is 86.8 Å². The minimum atomic E-state index is -3.31. The number of nitrogens with zero attached hydrogens (tertiary/aromatic N) is 2. The highest BCUT2D eigenvalue weighted by Crippen LogP contribution is 2.31. The second-order valence-corrected chi connectivity index (χ2v) is 8.99. The lowest BCUT2D eigenvalue weighted by Gasteiger charge is -2.17. The van der Waals surface area contributed by atoms with E-state index in [-0.39, 0.29) is 11.8 Å². The van der Waals surface area contributed by atoms with Crippen LogP contribution in [0.1, 0.15) is 28.8 Å². The highest BCUT2D eigenvalue weighted by Gasteiger charge is 2.27. The molecular weight excluding hydrogens is 378 g/mol. The molecule has 0 aromatic heterocycles. The predicted molar refractivity (Wildman–Crippen MR) is 108 cm³/mol. The van der Waals surface area contributed by atoms with E-state index in [9.17, 15) is 18.0 Å². The van der Waals surface area contributed by atoms with Gasteiger partial charge in [-0.15, -0.1) is 0 Å². The number of sulfonamides is 1. The fourth-order valence-corrected chi connectivity index (χ4v) is 4.69. The molecule has 2 heterocycles. The Labute approximate surface area is 164 Å². The van der Waals surface area contributed by atoms with Gasteiger partial charge in [0.05, 0.1) is 11.9 Å². The van der Waals surface area contributed by atoms with E-state index < -0.39 is 10.0 Å². The van der Waals surface area contributed by atoms with Crippen LogP contribution in [0.4, 0.5) is 17.1 Å². The maximum Gasteiger partial charge on any atom is 0.255 e. The smallest absolute Gasteiger partial charge is 0.255 e. The predicted octanol–water partition coefficient (Wildman–Crippen LogP) is 2.39. The van der Waals surface area contributed by atoms with Crippen molar-refractivity contribution in [3.8, 4) is 0 Å². The van der Waals surface area contributed by atoms with E-state index in [0.29, 0.717) is 42.9 Å². The Hall–Kier alpha value is -2.87. The number of hydrogen-bond acceptors (Lipinski definition) is 4. The molecule has 0 atom stereocenters. The van der Waals surface area contributed by atoms with Crippen LogP contribution in [-0.4, -0.2) is 39.6 Å². The molecule has 0 unspecified atom stereocenters. The highest BCUT2D eigenvalue weighted by atomic mass is 32.2. The molecule has 2 aromatic rings. The Bertz CT molecular complexity index is 1060. The monoisotopic (exact) mass is 399 g/mol. The third kappa shape index (κ3) is 3.47. The van der Waals surface area contributed by atoms with Crippen LogP contribution in [0.5, 0.6) is 0 Å². The summed E-state index contributed by atoms with van der Waals surface area (Å²) in [6.45, 7) is 1.09. The van der Waals surface area contributed by atoms with Gasteiger partial charge in [-0.2, -0.15) is 0 Å². The molecule has 0 bridgehead atoms. The van der Waals surface area contributed by atoms with E-state index in [0.717, 1.165) is 17.7 Å². The van der Waals surface area contributed by atoms with Gasteiger partial charge in [0.15, 0.2) is 0 Å². The van der Waals surface area contributed by atoms with Crippen molar-refractivity contribution < 1.29 is 18.0 Å². The molecule has 1 saturated heterocycles. The summed E-state index contributed by atoms with van der Waals surface area (Å²) in [6, 6.07) is 12.3. The first-order valence-corrected chi connectivity index (χ1v) is 11.0. The molecule has 4 rings (SSSR count). The molecule has 2 aliphatic heterocycles. The standard InChI is InChI=1S/C20H21N3O4S/c1-28(26,27)23-11-9-14-12-15(7-8-18(14)23)20(25)21-16-4-2-5-17(13-16)22-10-3-6-19(22)24/h2,4-5,7-8,12-13H,3,6,9-11H2,1H3,(H,21,25). The SMILES string of the molecule is CS(=O)(=O)N1CCc2cc(C(=O)Nc3cccc(N4CCCC4=O)c3)ccc21. The second-order valence-electron chi connectivity index (χ2n) is 7.08. The van der Waals surface area contributed by atoms with E-state index in [1.807, 2.05) is 12.1 Å². The van der Waals surface area contributed by atoms with Gasteiger partial charge in [-0.25, -0.2) is 8.42 Å². The van der Waals surface area contributed by atoms with E-state index in [1.54, 1.807) is 35.2 Å². The third-order valence-corrected chi connectivity index (χ3v) is 6.26. The molecule has 0 spiro atoms. The van der Waals surface area contributed by atoms with Crippen LogP contribution >= 0.6 is 0 Å². The lowest BCUT2D eigenvalue weighted by Crippen LogP contribution is -2.27. The number of anilines is 3. The fourth-order valence-electron chi connectivity index (χ4n) is 3.73. The number of nitrogens with one attached hydrogen (secondary N) is 1. The minimum absolute atomic E-state index is 0.0949. The number of carbonyl (C=O) groups excluding carboxylic acids is 2. The Morgan fingerprint density at radius 2 is 1.89 bits per heavy atom. The Morgan fingerprint density at radius 3 is 2.61 bits per heavy atom. The zero-order valence-corrected chi connectivity index (χ0v) is 16.3. The molecular formula is C20H21N3O4S. The number of amides is 2. The number of fused-ring (bicyclic) bond motifs is 1. The summed E-state index contributed by atoms with van der Waals surface area (Å²) >= 11 is 0. The van der Waals surface area contributed by atoms with Crippen LogP contribution < -0.4 is 14.5 Å². The van der Waals surface area contributed by atoms with Gasteiger partial charge in [-0.05, 0) is 54.8 Å². The van der Waals surface area contributed by atoms with E-state index >= 15 is 0 Å². The van der Waals surface area contributed by atoms with Gasteiger partial charge in [0.25, 0.3) is 5.91 Å². The van der Waals surface area contributed by atoms with E-state index in [4.69, 9.17) is 0 Å². The summed E-state index contributed by atoms with van der Waals surface area (Å²) in [4.78, 5) is 26.3. The van der Waals surface area contributed by atoms with Crippen molar-refractivity contribution >= 4 is 38.9 Å². The van der Waals surface area contributed by atoms with Crippen LogP contribution in [-0.2, 0) is 21.2 Å². The molecule has 0 aliphatic carbocycles. The Balaban J connectivity index is 1.53. The summed E-state index contributed by atoms with van der Waals surface area (Å²) < 4.78 is 25.0. The number of carbonyl (C=O) groups is 2. The molecule has 2 aliphatic rings. The third-order valence-electron chi connectivity index (χ3n) is 5.08. The molecule has 8 heteroatoms. The first-order chi connectivity index (χ1) is 13.3. The van der Waals surface area contributed by atoms with Crippen molar-refractivity contribution in [1.29, 1.82) is 0 Å². The van der Waals surface area contributed by atoms with Crippen molar-refractivity contribution in [3.63, 3.8) is 0 Å². The maximum absolute atomic E-state index is 12.7. The van der Waals surface area contributed by atoms with Gasteiger partial charge < -0.3 is 10.2 Å². The molecule has 0 saturated carbocycles. The summed E-state index contributed by atoms with van der Waals surface area (Å²) in [7, 11) is -3.31. The van der Waals surface area contributed by atoms with Crippen molar-refractivity contribution in [2.45, 2.75) is 19.3 Å². The number of rotatable bonds is 4. The largest absolute Gasteiger partial charge is 0.322 e. The fraction of sp³-hybridized carbons (Fsp3) is 0.300. The number of hydrogen-bond donors (Lipinski definition) is 1. The van der Waals surface area contributed by atoms with Crippen LogP contribution in [0.3, 0.4) is 0 Å². The quantitative estimate of drug-likeness (QED) is 0.855. The molecule has 1 fully saturated rings. The van der Waals surface area contributed by atoms with Crippen LogP contribution in [0.25, 0.3) is 0 Å². The summed E-state index contributed by atoms with van der Waals surface area (Å²) in [5.41, 5.74) is 3.33.